The number of sulfone groups is 1. The molecule has 4 rings (SSSR count). The minimum absolute atomic E-state index is 0.0598. The molecule has 0 aliphatic carbocycles. The van der Waals surface area contributed by atoms with Gasteiger partial charge in [-0.1, -0.05) is 0 Å². The van der Waals surface area contributed by atoms with Gasteiger partial charge in [-0.25, -0.2) is 17.5 Å². The Morgan fingerprint density at radius 2 is 1.85 bits per heavy atom. The molecule has 0 spiro atoms. The van der Waals surface area contributed by atoms with Crippen molar-refractivity contribution in [3.63, 3.8) is 0 Å². The molecule has 1 N–H and O–H groups in total. The highest BCUT2D eigenvalue weighted by atomic mass is 32.2. The van der Waals surface area contributed by atoms with E-state index in [2.05, 4.69) is 10.4 Å². The fourth-order valence-corrected chi connectivity index (χ4v) is 5.42. The first-order valence-corrected chi connectivity index (χ1v) is 12.3. The molecule has 0 saturated carbocycles. The zero-order valence-corrected chi connectivity index (χ0v) is 19.5. The van der Waals surface area contributed by atoms with Crippen molar-refractivity contribution >= 4 is 21.6 Å². The first kappa shape index (κ1) is 23.6. The van der Waals surface area contributed by atoms with Gasteiger partial charge in [0, 0.05) is 11.6 Å². The van der Waals surface area contributed by atoms with Crippen LogP contribution in [0.25, 0.3) is 11.3 Å². The molecule has 11 heteroatoms. The van der Waals surface area contributed by atoms with Crippen LogP contribution in [0.2, 0.25) is 0 Å². The molecule has 0 bridgehead atoms. The largest absolute Gasteiger partial charge is 0.493 e. The maximum atomic E-state index is 13.1. The number of carbonyl (C=O) groups excluding carboxylic acids is 1. The summed E-state index contributed by atoms with van der Waals surface area (Å²) in [6.07, 6.45) is 0.393. The predicted octanol–water partition coefficient (Wildman–Crippen LogP) is 3.08. The molecule has 180 valence electrons. The normalized spacial score (nSPS) is 16.7. The SMILES string of the molecule is COc1ccc(-c2cc(NC(=O)COc3ccc(F)cc3)n(C3CCS(=O)(=O)C3)n2)cc1OC. The number of hydrogen-bond donors (Lipinski definition) is 1. The molecule has 1 aliphatic rings. The summed E-state index contributed by atoms with van der Waals surface area (Å²) in [5.41, 5.74) is 1.23. The number of methoxy groups -OCH3 is 2. The van der Waals surface area contributed by atoms with Crippen molar-refractivity contribution in [2.75, 3.05) is 37.6 Å². The van der Waals surface area contributed by atoms with E-state index in [1.165, 1.54) is 43.2 Å². The summed E-state index contributed by atoms with van der Waals surface area (Å²) < 4.78 is 54.7. The molecular formula is C23H24FN3O6S. The number of hydrogen-bond acceptors (Lipinski definition) is 7. The van der Waals surface area contributed by atoms with Crippen LogP contribution in [0.4, 0.5) is 10.2 Å². The molecule has 2 aromatic carbocycles. The molecule has 1 amide bonds. The smallest absolute Gasteiger partial charge is 0.263 e. The van der Waals surface area contributed by atoms with Crippen LogP contribution in [-0.4, -0.2) is 56.4 Å². The minimum Gasteiger partial charge on any atom is -0.493 e. The van der Waals surface area contributed by atoms with Crippen molar-refractivity contribution < 1.29 is 31.8 Å². The summed E-state index contributed by atoms with van der Waals surface area (Å²) >= 11 is 0. The fourth-order valence-electron chi connectivity index (χ4n) is 3.73. The number of nitrogens with zero attached hydrogens (tertiary/aromatic N) is 2. The average Bonchev–Trinajstić information content (AvgIpc) is 3.40. The molecule has 9 nitrogen and oxygen atoms in total. The maximum absolute atomic E-state index is 13.1. The standard InChI is InChI=1S/C23H24FN3O6S/c1-31-20-8-3-15(11-21(20)32-2)19-12-22(27(26-19)17-9-10-34(29,30)14-17)25-23(28)13-33-18-6-4-16(24)5-7-18/h3-8,11-12,17H,9-10,13-14H2,1-2H3,(H,25,28). The predicted molar refractivity (Wildman–Crippen MR) is 124 cm³/mol. The molecule has 1 aliphatic heterocycles. The van der Waals surface area contributed by atoms with Gasteiger partial charge in [-0.05, 0) is 48.9 Å². The Morgan fingerprint density at radius 3 is 2.50 bits per heavy atom. The lowest BCUT2D eigenvalue weighted by Crippen LogP contribution is -2.23. The van der Waals surface area contributed by atoms with Gasteiger partial charge in [0.25, 0.3) is 5.91 Å². The highest BCUT2D eigenvalue weighted by molar-refractivity contribution is 7.91. The number of amides is 1. The Bertz CT molecular complexity index is 1290. The number of halogens is 1. The Morgan fingerprint density at radius 1 is 1.12 bits per heavy atom. The van der Waals surface area contributed by atoms with E-state index >= 15 is 0 Å². The zero-order chi connectivity index (χ0) is 24.3. The van der Waals surface area contributed by atoms with Gasteiger partial charge in [0.2, 0.25) is 0 Å². The van der Waals surface area contributed by atoms with Gasteiger partial charge in [0.05, 0.1) is 37.5 Å². The van der Waals surface area contributed by atoms with Crippen molar-refractivity contribution in [2.24, 2.45) is 0 Å². The number of benzene rings is 2. The second-order valence-corrected chi connectivity index (χ2v) is 10.0. The molecule has 1 aromatic heterocycles. The summed E-state index contributed by atoms with van der Waals surface area (Å²) in [5, 5.41) is 7.35. The van der Waals surface area contributed by atoms with Crippen LogP contribution in [0.5, 0.6) is 17.2 Å². The third kappa shape index (κ3) is 5.30. The van der Waals surface area contributed by atoms with Crippen molar-refractivity contribution in [1.82, 2.24) is 9.78 Å². The highest BCUT2D eigenvalue weighted by Gasteiger charge is 2.32. The second-order valence-electron chi connectivity index (χ2n) is 7.78. The van der Waals surface area contributed by atoms with Gasteiger partial charge in [-0.2, -0.15) is 5.10 Å². The maximum Gasteiger partial charge on any atom is 0.263 e. The van der Waals surface area contributed by atoms with E-state index < -0.39 is 27.6 Å². The first-order chi connectivity index (χ1) is 16.3. The molecule has 0 radical (unpaired) electrons. The number of nitrogens with one attached hydrogen (secondary N) is 1. The summed E-state index contributed by atoms with van der Waals surface area (Å²) in [5.74, 6) is 0.882. The van der Waals surface area contributed by atoms with Gasteiger partial charge in [-0.3, -0.25) is 4.79 Å². The van der Waals surface area contributed by atoms with Crippen LogP contribution in [0.15, 0.2) is 48.5 Å². The average molecular weight is 490 g/mol. The molecular weight excluding hydrogens is 465 g/mol. The first-order valence-electron chi connectivity index (χ1n) is 10.5. The molecule has 3 aromatic rings. The van der Waals surface area contributed by atoms with E-state index in [1.807, 2.05) is 0 Å². The van der Waals surface area contributed by atoms with Crippen LogP contribution in [-0.2, 0) is 14.6 Å². The number of carbonyl (C=O) groups is 1. The Balaban J connectivity index is 1.59. The summed E-state index contributed by atoms with van der Waals surface area (Å²) in [6.45, 7) is -0.314. The lowest BCUT2D eigenvalue weighted by atomic mass is 10.1. The number of ether oxygens (including phenoxy) is 3. The monoisotopic (exact) mass is 489 g/mol. The van der Waals surface area contributed by atoms with Gasteiger partial charge in [0.15, 0.2) is 27.9 Å². The van der Waals surface area contributed by atoms with Crippen LogP contribution < -0.4 is 19.5 Å². The summed E-state index contributed by atoms with van der Waals surface area (Å²) in [6, 6.07) is 11.9. The van der Waals surface area contributed by atoms with E-state index in [0.29, 0.717) is 40.7 Å². The minimum atomic E-state index is -3.18. The summed E-state index contributed by atoms with van der Waals surface area (Å²) in [4.78, 5) is 12.6. The number of rotatable bonds is 8. The molecule has 1 atom stereocenters. The van der Waals surface area contributed by atoms with Gasteiger partial charge < -0.3 is 19.5 Å². The second kappa shape index (κ2) is 9.72. The fraction of sp³-hybridized carbons (Fsp3) is 0.304. The molecule has 2 heterocycles. The third-order valence-corrected chi connectivity index (χ3v) is 7.17. The van der Waals surface area contributed by atoms with Crippen molar-refractivity contribution in [3.05, 3.63) is 54.3 Å². The Hall–Kier alpha value is -3.60. The van der Waals surface area contributed by atoms with E-state index in [9.17, 15) is 17.6 Å². The van der Waals surface area contributed by atoms with Gasteiger partial charge in [0.1, 0.15) is 17.4 Å². The van der Waals surface area contributed by atoms with Crippen LogP contribution in [0.3, 0.4) is 0 Å². The lowest BCUT2D eigenvalue weighted by molar-refractivity contribution is -0.118. The quantitative estimate of drug-likeness (QED) is 0.518. The van der Waals surface area contributed by atoms with Crippen LogP contribution >= 0.6 is 0 Å². The number of anilines is 1. The van der Waals surface area contributed by atoms with Gasteiger partial charge in [-0.15, -0.1) is 0 Å². The van der Waals surface area contributed by atoms with E-state index in [-0.39, 0.29) is 18.1 Å². The van der Waals surface area contributed by atoms with Crippen LogP contribution in [0.1, 0.15) is 12.5 Å². The third-order valence-electron chi connectivity index (χ3n) is 5.42. The Labute approximate surface area is 196 Å². The van der Waals surface area contributed by atoms with Crippen LogP contribution in [0, 0.1) is 5.82 Å². The highest BCUT2D eigenvalue weighted by Crippen LogP contribution is 2.34. The van der Waals surface area contributed by atoms with E-state index in [1.54, 1.807) is 24.3 Å². The molecule has 1 saturated heterocycles. The van der Waals surface area contributed by atoms with E-state index in [0.717, 1.165) is 0 Å². The molecule has 34 heavy (non-hydrogen) atoms. The topological polar surface area (TPSA) is 109 Å². The summed E-state index contributed by atoms with van der Waals surface area (Å²) in [7, 11) is -0.119. The lowest BCUT2D eigenvalue weighted by Gasteiger charge is -2.14. The molecule has 1 fully saturated rings. The Kier molecular flexibility index (Phi) is 6.73. The molecule has 1 unspecified atom stereocenters. The van der Waals surface area contributed by atoms with Gasteiger partial charge >= 0.3 is 0 Å². The van der Waals surface area contributed by atoms with Crippen molar-refractivity contribution in [3.8, 4) is 28.5 Å². The van der Waals surface area contributed by atoms with Crippen molar-refractivity contribution in [1.29, 1.82) is 0 Å². The zero-order valence-electron chi connectivity index (χ0n) is 18.7. The number of aromatic nitrogens is 2. The van der Waals surface area contributed by atoms with E-state index in [4.69, 9.17) is 14.2 Å². The van der Waals surface area contributed by atoms with Crippen molar-refractivity contribution in [2.45, 2.75) is 12.5 Å².